The molecule has 1 fully saturated rings. The van der Waals surface area contributed by atoms with Gasteiger partial charge in [-0.15, -0.1) is 0 Å². The molecule has 0 atom stereocenters. The van der Waals surface area contributed by atoms with Crippen molar-refractivity contribution in [2.75, 3.05) is 13.1 Å². The van der Waals surface area contributed by atoms with E-state index in [0.717, 1.165) is 23.2 Å². The van der Waals surface area contributed by atoms with Crippen LogP contribution >= 0.6 is 0 Å². The third-order valence-corrected chi connectivity index (χ3v) is 5.26. The number of rotatable bonds is 3. The maximum Gasteiger partial charge on any atom is 0.416 e. The Bertz CT molecular complexity index is 1070. The van der Waals surface area contributed by atoms with Crippen LogP contribution in [0.5, 0.6) is 0 Å². The van der Waals surface area contributed by atoms with Crippen LogP contribution in [0.2, 0.25) is 0 Å². The van der Waals surface area contributed by atoms with E-state index in [4.69, 9.17) is 0 Å². The van der Waals surface area contributed by atoms with Crippen LogP contribution in [0.25, 0.3) is 11.0 Å². The first-order valence-corrected chi connectivity index (χ1v) is 9.52. The Kier molecular flexibility index (Phi) is 5.19. The van der Waals surface area contributed by atoms with Gasteiger partial charge in [-0.3, -0.25) is 9.59 Å². The van der Waals surface area contributed by atoms with E-state index in [2.05, 4.69) is 15.3 Å². The van der Waals surface area contributed by atoms with Crippen LogP contribution in [0.15, 0.2) is 48.8 Å². The van der Waals surface area contributed by atoms with Gasteiger partial charge < -0.3 is 15.2 Å². The van der Waals surface area contributed by atoms with Crippen LogP contribution in [-0.2, 0) is 6.18 Å². The highest BCUT2D eigenvalue weighted by Crippen LogP contribution is 2.29. The Morgan fingerprint density at radius 1 is 1.03 bits per heavy atom. The normalized spacial score (nSPS) is 15.4. The lowest BCUT2D eigenvalue weighted by atomic mass is 10.0. The van der Waals surface area contributed by atoms with E-state index >= 15 is 0 Å². The van der Waals surface area contributed by atoms with E-state index in [1.165, 1.54) is 12.1 Å². The van der Waals surface area contributed by atoms with Crippen LogP contribution in [0.3, 0.4) is 0 Å². The van der Waals surface area contributed by atoms with E-state index in [-0.39, 0.29) is 23.4 Å². The number of likely N-dealkylation sites (tertiary alicyclic amines) is 1. The fraction of sp³-hybridized carbons (Fsp3) is 0.286. The SMILES string of the molecule is O=C(NC1CCN(C(=O)c2ccc(C(F)(F)F)cc2)CC1)c1ccc2nc[nH]c2c1. The molecule has 0 bridgehead atoms. The molecule has 30 heavy (non-hydrogen) atoms. The third-order valence-electron chi connectivity index (χ3n) is 5.26. The molecule has 2 aromatic carbocycles. The second kappa shape index (κ2) is 7.81. The summed E-state index contributed by atoms with van der Waals surface area (Å²) in [6, 6.07) is 9.36. The van der Waals surface area contributed by atoms with Gasteiger partial charge in [-0.1, -0.05) is 0 Å². The third kappa shape index (κ3) is 4.14. The Hall–Kier alpha value is -3.36. The van der Waals surface area contributed by atoms with E-state index in [1.54, 1.807) is 29.4 Å². The van der Waals surface area contributed by atoms with Crippen molar-refractivity contribution in [2.45, 2.75) is 25.1 Å². The second-order valence-corrected chi connectivity index (χ2v) is 7.25. The first-order valence-electron chi connectivity index (χ1n) is 9.52. The highest BCUT2D eigenvalue weighted by atomic mass is 19.4. The highest BCUT2D eigenvalue weighted by molar-refractivity contribution is 5.97. The predicted molar refractivity (Wildman–Crippen MR) is 104 cm³/mol. The van der Waals surface area contributed by atoms with Crippen LogP contribution in [0, 0.1) is 0 Å². The van der Waals surface area contributed by atoms with Crippen LogP contribution in [0.1, 0.15) is 39.1 Å². The highest BCUT2D eigenvalue weighted by Gasteiger charge is 2.31. The molecule has 6 nitrogen and oxygen atoms in total. The van der Waals surface area contributed by atoms with Crippen molar-refractivity contribution in [3.05, 3.63) is 65.5 Å². The van der Waals surface area contributed by atoms with Gasteiger partial charge in [0.1, 0.15) is 0 Å². The number of amides is 2. The minimum atomic E-state index is -4.43. The number of imidazole rings is 1. The number of nitrogens with one attached hydrogen (secondary N) is 2. The van der Waals surface area contributed by atoms with Crippen molar-refractivity contribution in [1.29, 1.82) is 0 Å². The first kappa shape index (κ1) is 19.9. The van der Waals surface area contributed by atoms with Crippen molar-refractivity contribution in [2.24, 2.45) is 0 Å². The number of carbonyl (C=O) groups is 2. The molecule has 4 rings (SSSR count). The Labute approximate surface area is 170 Å². The summed E-state index contributed by atoms with van der Waals surface area (Å²) in [4.78, 5) is 33.8. The molecule has 0 saturated carbocycles. The lowest BCUT2D eigenvalue weighted by molar-refractivity contribution is -0.137. The van der Waals surface area contributed by atoms with Crippen LogP contribution < -0.4 is 5.32 Å². The average Bonchev–Trinajstić information content (AvgIpc) is 3.21. The van der Waals surface area contributed by atoms with Gasteiger partial charge in [-0.2, -0.15) is 13.2 Å². The zero-order chi connectivity index (χ0) is 21.3. The molecule has 1 aliphatic rings. The van der Waals surface area contributed by atoms with Gasteiger partial charge in [0.05, 0.1) is 22.9 Å². The zero-order valence-corrected chi connectivity index (χ0v) is 15.9. The van der Waals surface area contributed by atoms with Crippen molar-refractivity contribution >= 4 is 22.8 Å². The average molecular weight is 416 g/mol. The summed E-state index contributed by atoms with van der Waals surface area (Å²) in [5, 5.41) is 2.98. The summed E-state index contributed by atoms with van der Waals surface area (Å²) in [7, 11) is 0. The van der Waals surface area contributed by atoms with E-state index in [1.807, 2.05) is 0 Å². The molecule has 3 aromatic rings. The molecule has 1 aromatic heterocycles. The number of fused-ring (bicyclic) bond motifs is 1. The van der Waals surface area contributed by atoms with Crippen molar-refractivity contribution in [3.8, 4) is 0 Å². The minimum Gasteiger partial charge on any atom is -0.349 e. The second-order valence-electron chi connectivity index (χ2n) is 7.25. The number of H-pyrrole nitrogens is 1. The number of halogens is 3. The molecule has 2 N–H and O–H groups in total. The molecule has 0 spiro atoms. The number of carbonyl (C=O) groups excluding carboxylic acids is 2. The predicted octanol–water partition coefficient (Wildman–Crippen LogP) is 3.62. The van der Waals surface area contributed by atoms with Gasteiger partial charge in [0.15, 0.2) is 0 Å². The summed E-state index contributed by atoms with van der Waals surface area (Å²) < 4.78 is 38.0. The van der Waals surface area contributed by atoms with Crippen LogP contribution in [0.4, 0.5) is 13.2 Å². The monoisotopic (exact) mass is 416 g/mol. The van der Waals surface area contributed by atoms with E-state index < -0.39 is 11.7 Å². The molecule has 0 radical (unpaired) electrons. The molecule has 1 saturated heterocycles. The fourth-order valence-electron chi connectivity index (χ4n) is 3.56. The smallest absolute Gasteiger partial charge is 0.349 e. The quantitative estimate of drug-likeness (QED) is 0.685. The summed E-state index contributed by atoms with van der Waals surface area (Å²) in [5.41, 5.74) is 1.52. The number of aromatic amines is 1. The summed E-state index contributed by atoms with van der Waals surface area (Å²) in [5.74, 6) is -0.503. The number of nitrogens with zero attached hydrogens (tertiary/aromatic N) is 2. The van der Waals surface area contributed by atoms with Gasteiger partial charge in [0.25, 0.3) is 11.8 Å². The van der Waals surface area contributed by atoms with E-state index in [0.29, 0.717) is 31.5 Å². The molecule has 156 valence electrons. The number of aromatic nitrogens is 2. The number of benzene rings is 2. The van der Waals surface area contributed by atoms with Gasteiger partial charge in [0.2, 0.25) is 0 Å². The number of hydrogen-bond donors (Lipinski definition) is 2. The molecule has 9 heteroatoms. The molecule has 2 amide bonds. The maximum absolute atomic E-state index is 12.7. The summed E-state index contributed by atoms with van der Waals surface area (Å²) >= 11 is 0. The summed E-state index contributed by atoms with van der Waals surface area (Å²) in [6.45, 7) is 0.842. The maximum atomic E-state index is 12.7. The Morgan fingerprint density at radius 2 is 1.70 bits per heavy atom. The lowest BCUT2D eigenvalue weighted by Crippen LogP contribution is -2.46. The van der Waals surface area contributed by atoms with Gasteiger partial charge in [-0.05, 0) is 55.3 Å². The largest absolute Gasteiger partial charge is 0.416 e. The number of alkyl halides is 3. The number of hydrogen-bond acceptors (Lipinski definition) is 3. The fourth-order valence-corrected chi connectivity index (χ4v) is 3.56. The molecule has 1 aliphatic heterocycles. The first-order chi connectivity index (χ1) is 14.3. The van der Waals surface area contributed by atoms with Crippen LogP contribution in [-0.4, -0.2) is 45.8 Å². The standard InChI is InChI=1S/C21H19F3N4O2/c22-21(23,24)15-4-1-13(2-5-15)20(30)28-9-7-16(8-10-28)27-19(29)14-3-6-17-18(11-14)26-12-25-17/h1-6,11-12,16H,7-10H2,(H,25,26)(H,27,29). The molecule has 0 aliphatic carbocycles. The van der Waals surface area contributed by atoms with Gasteiger partial charge in [0, 0.05) is 30.3 Å². The topological polar surface area (TPSA) is 78.1 Å². The minimum absolute atomic E-state index is 0.0772. The van der Waals surface area contributed by atoms with Gasteiger partial charge >= 0.3 is 6.18 Å². The lowest BCUT2D eigenvalue weighted by Gasteiger charge is -2.32. The molecule has 0 unspecified atom stereocenters. The molecular formula is C21H19F3N4O2. The van der Waals surface area contributed by atoms with Crippen molar-refractivity contribution < 1.29 is 22.8 Å². The van der Waals surface area contributed by atoms with E-state index in [9.17, 15) is 22.8 Å². The van der Waals surface area contributed by atoms with Crippen molar-refractivity contribution in [3.63, 3.8) is 0 Å². The Morgan fingerprint density at radius 3 is 2.37 bits per heavy atom. The van der Waals surface area contributed by atoms with Crippen molar-refractivity contribution in [1.82, 2.24) is 20.2 Å². The molecule has 2 heterocycles. The molecular weight excluding hydrogens is 397 g/mol. The zero-order valence-electron chi connectivity index (χ0n) is 15.9. The summed E-state index contributed by atoms with van der Waals surface area (Å²) in [6.07, 6.45) is -1.72. The Balaban J connectivity index is 1.33. The number of piperidine rings is 1. The van der Waals surface area contributed by atoms with Gasteiger partial charge in [-0.25, -0.2) is 4.98 Å².